The molecule has 20 heavy (non-hydrogen) atoms. The predicted molar refractivity (Wildman–Crippen MR) is 85.6 cm³/mol. The molecule has 0 saturated carbocycles. The maximum atomic E-state index is 5.86. The average molecular weight is 290 g/mol. The van der Waals surface area contributed by atoms with Crippen LogP contribution in [0.3, 0.4) is 0 Å². The lowest BCUT2D eigenvalue weighted by Crippen LogP contribution is -2.09. The zero-order valence-corrected chi connectivity index (χ0v) is 12.7. The molecule has 3 heteroatoms. The first kappa shape index (κ1) is 14.7. The van der Waals surface area contributed by atoms with E-state index in [1.807, 2.05) is 36.4 Å². The molecular weight excluding hydrogens is 270 g/mol. The molecule has 0 aromatic heterocycles. The van der Waals surface area contributed by atoms with Crippen molar-refractivity contribution in [3.05, 3.63) is 59.1 Å². The quantitative estimate of drug-likeness (QED) is 0.796. The van der Waals surface area contributed by atoms with Gasteiger partial charge in [0.25, 0.3) is 0 Å². The van der Waals surface area contributed by atoms with E-state index in [0.29, 0.717) is 0 Å². The number of nitrogens with one attached hydrogen (secondary N) is 1. The van der Waals surface area contributed by atoms with Crippen molar-refractivity contribution in [3.8, 4) is 5.75 Å². The van der Waals surface area contributed by atoms with Crippen LogP contribution in [0.25, 0.3) is 0 Å². The lowest BCUT2D eigenvalue weighted by atomic mass is 10.2. The van der Waals surface area contributed by atoms with Gasteiger partial charge in [0, 0.05) is 17.3 Å². The first-order valence-corrected chi connectivity index (χ1v) is 7.30. The van der Waals surface area contributed by atoms with Gasteiger partial charge in [-0.25, -0.2) is 0 Å². The molecule has 0 aliphatic carbocycles. The van der Waals surface area contributed by atoms with Gasteiger partial charge in [0.15, 0.2) is 0 Å². The normalized spacial score (nSPS) is 11.9. The molecule has 0 amide bonds. The van der Waals surface area contributed by atoms with Gasteiger partial charge in [0.05, 0.1) is 6.10 Å². The molecule has 106 valence electrons. The monoisotopic (exact) mass is 289 g/mol. The third kappa shape index (κ3) is 4.46. The summed E-state index contributed by atoms with van der Waals surface area (Å²) >= 11 is 5.86. The van der Waals surface area contributed by atoms with Crippen molar-refractivity contribution in [1.82, 2.24) is 0 Å². The van der Waals surface area contributed by atoms with Crippen molar-refractivity contribution < 1.29 is 4.74 Å². The minimum absolute atomic E-state index is 0.257. The molecule has 0 heterocycles. The number of anilines is 1. The summed E-state index contributed by atoms with van der Waals surface area (Å²) in [4.78, 5) is 0. The van der Waals surface area contributed by atoms with Crippen LogP contribution in [0.2, 0.25) is 5.02 Å². The van der Waals surface area contributed by atoms with E-state index >= 15 is 0 Å². The lowest BCUT2D eigenvalue weighted by Gasteiger charge is -2.13. The van der Waals surface area contributed by atoms with E-state index in [2.05, 4.69) is 31.3 Å². The van der Waals surface area contributed by atoms with Crippen molar-refractivity contribution in [2.75, 3.05) is 5.32 Å². The fraction of sp³-hybridized carbons (Fsp3) is 0.294. The molecule has 0 aliphatic rings. The largest absolute Gasteiger partial charge is 0.491 e. The highest BCUT2D eigenvalue weighted by molar-refractivity contribution is 6.30. The number of rotatable bonds is 6. The Labute approximate surface area is 125 Å². The van der Waals surface area contributed by atoms with E-state index in [-0.39, 0.29) is 6.10 Å². The highest BCUT2D eigenvalue weighted by Gasteiger charge is 2.01. The molecule has 0 radical (unpaired) electrons. The van der Waals surface area contributed by atoms with Crippen LogP contribution in [0.5, 0.6) is 5.75 Å². The van der Waals surface area contributed by atoms with Crippen LogP contribution in [0, 0.1) is 0 Å². The Kier molecular flexibility index (Phi) is 5.31. The van der Waals surface area contributed by atoms with Crippen molar-refractivity contribution in [1.29, 1.82) is 0 Å². The van der Waals surface area contributed by atoms with E-state index in [1.54, 1.807) is 0 Å². The molecule has 1 N–H and O–H groups in total. The molecule has 1 atom stereocenters. The summed E-state index contributed by atoms with van der Waals surface area (Å²) in [5.74, 6) is 0.926. The Hall–Kier alpha value is -1.67. The number of benzene rings is 2. The number of hydrogen-bond acceptors (Lipinski definition) is 2. The Bertz CT molecular complexity index is 522. The van der Waals surface area contributed by atoms with Crippen LogP contribution in [-0.2, 0) is 6.54 Å². The molecule has 0 bridgehead atoms. The molecule has 2 rings (SSSR count). The van der Waals surface area contributed by atoms with Gasteiger partial charge >= 0.3 is 0 Å². The fourth-order valence-electron chi connectivity index (χ4n) is 1.77. The van der Waals surface area contributed by atoms with Crippen LogP contribution < -0.4 is 10.1 Å². The van der Waals surface area contributed by atoms with Crippen LogP contribution >= 0.6 is 11.6 Å². The topological polar surface area (TPSA) is 21.3 Å². The Morgan fingerprint density at radius 1 is 1.05 bits per heavy atom. The second-order valence-corrected chi connectivity index (χ2v) is 5.28. The fourth-order valence-corrected chi connectivity index (χ4v) is 1.90. The standard InChI is InChI=1S/C17H20ClNO/c1-3-13(2)20-17-10-4-14(5-11-17)12-19-16-8-6-15(18)7-9-16/h4-11,13,19H,3,12H2,1-2H3. The van der Waals surface area contributed by atoms with Gasteiger partial charge in [-0.2, -0.15) is 0 Å². The summed E-state index contributed by atoms with van der Waals surface area (Å²) < 4.78 is 5.76. The minimum atomic E-state index is 0.257. The molecule has 0 fully saturated rings. The molecule has 2 aromatic carbocycles. The minimum Gasteiger partial charge on any atom is -0.491 e. The Morgan fingerprint density at radius 3 is 2.30 bits per heavy atom. The Balaban J connectivity index is 1.89. The smallest absolute Gasteiger partial charge is 0.119 e. The molecule has 0 saturated heterocycles. The van der Waals surface area contributed by atoms with E-state index in [1.165, 1.54) is 5.56 Å². The molecule has 2 aromatic rings. The van der Waals surface area contributed by atoms with E-state index in [9.17, 15) is 0 Å². The maximum absolute atomic E-state index is 5.86. The van der Waals surface area contributed by atoms with Gasteiger partial charge in [-0.1, -0.05) is 30.7 Å². The third-order valence-corrected chi connectivity index (χ3v) is 3.43. The van der Waals surface area contributed by atoms with Crippen molar-refractivity contribution in [2.45, 2.75) is 32.9 Å². The first-order chi connectivity index (χ1) is 9.67. The van der Waals surface area contributed by atoms with Crippen LogP contribution in [0.15, 0.2) is 48.5 Å². The summed E-state index contributed by atoms with van der Waals surface area (Å²) in [6.07, 6.45) is 1.27. The molecule has 1 unspecified atom stereocenters. The van der Waals surface area contributed by atoms with Crippen LogP contribution in [-0.4, -0.2) is 6.10 Å². The predicted octanol–water partition coefficient (Wildman–Crippen LogP) is 5.13. The lowest BCUT2D eigenvalue weighted by molar-refractivity contribution is 0.217. The summed E-state index contributed by atoms with van der Waals surface area (Å²) in [5.41, 5.74) is 2.28. The van der Waals surface area contributed by atoms with Gasteiger partial charge in [0.1, 0.15) is 5.75 Å². The van der Waals surface area contributed by atoms with Crippen LogP contribution in [0.4, 0.5) is 5.69 Å². The van der Waals surface area contributed by atoms with E-state index in [0.717, 1.165) is 29.4 Å². The number of ether oxygens (including phenoxy) is 1. The third-order valence-electron chi connectivity index (χ3n) is 3.18. The molecule has 0 spiro atoms. The van der Waals surface area contributed by atoms with Gasteiger partial charge < -0.3 is 10.1 Å². The molecule has 0 aliphatic heterocycles. The van der Waals surface area contributed by atoms with Gasteiger partial charge in [-0.15, -0.1) is 0 Å². The summed E-state index contributed by atoms with van der Waals surface area (Å²) in [5, 5.41) is 4.11. The second kappa shape index (κ2) is 7.20. The van der Waals surface area contributed by atoms with Crippen molar-refractivity contribution >= 4 is 17.3 Å². The van der Waals surface area contributed by atoms with Gasteiger partial charge in [0.2, 0.25) is 0 Å². The SMILES string of the molecule is CCC(C)Oc1ccc(CNc2ccc(Cl)cc2)cc1. The zero-order valence-electron chi connectivity index (χ0n) is 11.9. The van der Waals surface area contributed by atoms with Gasteiger partial charge in [-0.05, 0) is 55.3 Å². The molecular formula is C17H20ClNO. The zero-order chi connectivity index (χ0) is 14.4. The number of halogens is 1. The highest BCUT2D eigenvalue weighted by atomic mass is 35.5. The van der Waals surface area contributed by atoms with Crippen molar-refractivity contribution in [2.24, 2.45) is 0 Å². The molecule has 2 nitrogen and oxygen atoms in total. The maximum Gasteiger partial charge on any atom is 0.119 e. The number of hydrogen-bond donors (Lipinski definition) is 1. The summed E-state index contributed by atoms with van der Waals surface area (Å²) in [6.45, 7) is 4.98. The van der Waals surface area contributed by atoms with E-state index < -0.39 is 0 Å². The van der Waals surface area contributed by atoms with Crippen LogP contribution in [0.1, 0.15) is 25.8 Å². The highest BCUT2D eigenvalue weighted by Crippen LogP contribution is 2.17. The van der Waals surface area contributed by atoms with E-state index in [4.69, 9.17) is 16.3 Å². The summed E-state index contributed by atoms with van der Waals surface area (Å²) in [6, 6.07) is 15.9. The average Bonchev–Trinajstić information content (AvgIpc) is 2.48. The first-order valence-electron chi connectivity index (χ1n) is 6.92. The summed E-state index contributed by atoms with van der Waals surface area (Å²) in [7, 11) is 0. The van der Waals surface area contributed by atoms with Crippen molar-refractivity contribution in [3.63, 3.8) is 0 Å². The Morgan fingerprint density at radius 2 is 1.70 bits per heavy atom. The van der Waals surface area contributed by atoms with Gasteiger partial charge in [-0.3, -0.25) is 0 Å². The second-order valence-electron chi connectivity index (χ2n) is 4.84.